The van der Waals surface area contributed by atoms with Crippen LogP contribution in [0.4, 0.5) is 28.0 Å². The largest absolute Gasteiger partial charge is 0.478 e. The lowest BCUT2D eigenvalue weighted by Crippen LogP contribution is -2.49. The molecule has 1 aliphatic rings. The summed E-state index contributed by atoms with van der Waals surface area (Å²) in [4.78, 5) is 22.1. The van der Waals surface area contributed by atoms with Crippen LogP contribution in [0, 0.1) is 5.82 Å². The molecule has 0 atom stereocenters. The number of urea groups is 1. The highest BCUT2D eigenvalue weighted by Crippen LogP contribution is 2.48. The van der Waals surface area contributed by atoms with E-state index in [4.69, 9.17) is 5.11 Å². The molecule has 0 aromatic heterocycles. The Hall–Kier alpha value is -2.32. The van der Waals surface area contributed by atoms with E-state index in [1.807, 2.05) is 5.32 Å². The second-order valence-electron chi connectivity index (χ2n) is 4.66. The number of halogens is 4. The van der Waals surface area contributed by atoms with Crippen molar-refractivity contribution >= 4 is 17.7 Å². The summed E-state index contributed by atoms with van der Waals surface area (Å²) < 4.78 is 51.3. The summed E-state index contributed by atoms with van der Waals surface area (Å²) >= 11 is 0. The van der Waals surface area contributed by atoms with Crippen LogP contribution in [-0.4, -0.2) is 28.8 Å². The third-order valence-corrected chi connectivity index (χ3v) is 3.10. The first-order chi connectivity index (χ1) is 9.64. The van der Waals surface area contributed by atoms with Crippen molar-refractivity contribution in [2.75, 3.05) is 5.32 Å². The Balaban J connectivity index is 2.04. The van der Waals surface area contributed by atoms with Crippen LogP contribution >= 0.6 is 0 Å². The van der Waals surface area contributed by atoms with Crippen LogP contribution in [-0.2, 0) is 0 Å². The number of nitrogens with one attached hydrogen (secondary N) is 2. The van der Waals surface area contributed by atoms with Gasteiger partial charge in [0.05, 0.1) is 5.56 Å². The Kier molecular flexibility index (Phi) is 3.52. The van der Waals surface area contributed by atoms with Crippen LogP contribution in [0.3, 0.4) is 0 Å². The lowest BCUT2D eigenvalue weighted by atomic mass is 10.2. The summed E-state index contributed by atoms with van der Waals surface area (Å²) in [7, 11) is 0. The molecule has 0 spiro atoms. The van der Waals surface area contributed by atoms with Crippen molar-refractivity contribution in [1.82, 2.24) is 5.32 Å². The fraction of sp³-hybridized carbons (Fsp3) is 0.333. The molecule has 0 heterocycles. The minimum Gasteiger partial charge on any atom is -0.478 e. The van der Waals surface area contributed by atoms with E-state index < -0.39 is 35.1 Å². The number of amides is 2. The zero-order chi connectivity index (χ0) is 15.8. The predicted octanol–water partition coefficient (Wildman–Crippen LogP) is 2.74. The molecule has 0 aliphatic heterocycles. The quantitative estimate of drug-likeness (QED) is 0.751. The Labute approximate surface area is 115 Å². The predicted molar refractivity (Wildman–Crippen MR) is 63.5 cm³/mol. The van der Waals surface area contributed by atoms with E-state index in [1.165, 1.54) is 0 Å². The van der Waals surface area contributed by atoms with Gasteiger partial charge in [0.15, 0.2) is 0 Å². The van der Waals surface area contributed by atoms with Crippen LogP contribution in [0.1, 0.15) is 23.2 Å². The zero-order valence-corrected chi connectivity index (χ0v) is 10.4. The maximum absolute atomic E-state index is 13.4. The molecule has 0 radical (unpaired) electrons. The van der Waals surface area contributed by atoms with Gasteiger partial charge in [-0.3, -0.25) is 0 Å². The average Bonchev–Trinajstić information content (AvgIpc) is 3.08. The van der Waals surface area contributed by atoms with E-state index in [-0.39, 0.29) is 18.5 Å². The number of hydrogen-bond acceptors (Lipinski definition) is 2. The van der Waals surface area contributed by atoms with E-state index in [2.05, 4.69) is 0 Å². The number of aromatic carboxylic acids is 1. The van der Waals surface area contributed by atoms with Crippen molar-refractivity contribution in [2.24, 2.45) is 0 Å². The van der Waals surface area contributed by atoms with E-state index in [9.17, 15) is 27.2 Å². The molecule has 2 rings (SSSR count). The minimum atomic E-state index is -4.55. The lowest BCUT2D eigenvalue weighted by molar-refractivity contribution is -0.162. The highest BCUT2D eigenvalue weighted by molar-refractivity contribution is 5.92. The van der Waals surface area contributed by atoms with Gasteiger partial charge in [0, 0.05) is 5.69 Å². The van der Waals surface area contributed by atoms with E-state index in [0.29, 0.717) is 0 Å². The van der Waals surface area contributed by atoms with Crippen LogP contribution < -0.4 is 10.6 Å². The van der Waals surface area contributed by atoms with Crippen molar-refractivity contribution in [3.63, 3.8) is 0 Å². The van der Waals surface area contributed by atoms with Gasteiger partial charge in [0.2, 0.25) is 0 Å². The number of carboxylic acid groups (broad SMARTS) is 1. The van der Waals surface area contributed by atoms with Gasteiger partial charge in [-0.15, -0.1) is 0 Å². The Morgan fingerprint density at radius 1 is 1.24 bits per heavy atom. The lowest BCUT2D eigenvalue weighted by Gasteiger charge is -2.20. The molecule has 0 bridgehead atoms. The smallest absolute Gasteiger partial charge is 0.411 e. The SMILES string of the molecule is O=C(Nc1ccc(C(=O)O)c(F)c1)NC1(C(F)(F)F)CC1. The number of alkyl halides is 3. The fourth-order valence-electron chi connectivity index (χ4n) is 1.75. The van der Waals surface area contributed by atoms with Crippen molar-refractivity contribution < 1.29 is 32.3 Å². The van der Waals surface area contributed by atoms with Gasteiger partial charge in [0.1, 0.15) is 11.4 Å². The molecule has 0 saturated heterocycles. The van der Waals surface area contributed by atoms with E-state index in [0.717, 1.165) is 18.2 Å². The molecule has 21 heavy (non-hydrogen) atoms. The first-order valence-electron chi connectivity index (χ1n) is 5.83. The summed E-state index contributed by atoms with van der Waals surface area (Å²) in [6.07, 6.45) is -4.98. The van der Waals surface area contributed by atoms with E-state index in [1.54, 1.807) is 5.32 Å². The monoisotopic (exact) mass is 306 g/mol. The molecule has 3 N–H and O–H groups in total. The number of benzene rings is 1. The molecule has 5 nitrogen and oxygen atoms in total. The van der Waals surface area contributed by atoms with Crippen molar-refractivity contribution in [3.05, 3.63) is 29.6 Å². The van der Waals surface area contributed by atoms with Crippen molar-refractivity contribution in [1.29, 1.82) is 0 Å². The summed E-state index contributed by atoms with van der Waals surface area (Å²) in [5, 5.41) is 12.5. The second-order valence-corrected chi connectivity index (χ2v) is 4.66. The molecule has 2 amide bonds. The second kappa shape index (κ2) is 4.90. The fourth-order valence-corrected chi connectivity index (χ4v) is 1.75. The molecule has 114 valence electrons. The molecular formula is C12H10F4N2O3. The van der Waals surface area contributed by atoms with Crippen molar-refractivity contribution in [3.8, 4) is 0 Å². The first-order valence-corrected chi connectivity index (χ1v) is 5.83. The Morgan fingerprint density at radius 3 is 2.29 bits per heavy atom. The van der Waals surface area contributed by atoms with Gasteiger partial charge in [-0.1, -0.05) is 0 Å². The molecule has 1 aromatic carbocycles. The highest BCUT2D eigenvalue weighted by atomic mass is 19.4. The van der Waals surface area contributed by atoms with Gasteiger partial charge in [-0.05, 0) is 31.0 Å². The van der Waals surface area contributed by atoms with Crippen LogP contribution in [0.5, 0.6) is 0 Å². The zero-order valence-electron chi connectivity index (χ0n) is 10.4. The molecular weight excluding hydrogens is 296 g/mol. The highest BCUT2D eigenvalue weighted by Gasteiger charge is 2.64. The van der Waals surface area contributed by atoms with Gasteiger partial charge in [0.25, 0.3) is 0 Å². The molecule has 1 saturated carbocycles. The number of carbonyl (C=O) groups is 2. The van der Waals surface area contributed by atoms with Crippen LogP contribution in [0.2, 0.25) is 0 Å². The first kappa shape index (κ1) is 15.1. The normalized spacial score (nSPS) is 16.2. The Morgan fingerprint density at radius 2 is 1.86 bits per heavy atom. The number of carboxylic acids is 1. The third kappa shape index (κ3) is 3.06. The summed E-state index contributed by atoms with van der Waals surface area (Å²) in [6.45, 7) is 0. The summed E-state index contributed by atoms with van der Waals surface area (Å²) in [6, 6.07) is 1.58. The van der Waals surface area contributed by atoms with Gasteiger partial charge < -0.3 is 15.7 Å². The van der Waals surface area contributed by atoms with Gasteiger partial charge in [-0.2, -0.15) is 13.2 Å². The topological polar surface area (TPSA) is 78.4 Å². The maximum Gasteiger partial charge on any atom is 0.411 e. The third-order valence-electron chi connectivity index (χ3n) is 3.10. The molecule has 1 aromatic rings. The molecule has 1 aliphatic carbocycles. The maximum atomic E-state index is 13.4. The minimum absolute atomic E-state index is 0.145. The molecule has 0 unspecified atom stereocenters. The van der Waals surface area contributed by atoms with E-state index >= 15 is 0 Å². The Bertz CT molecular complexity index is 597. The molecule has 1 fully saturated rings. The molecule has 9 heteroatoms. The van der Waals surface area contributed by atoms with Crippen molar-refractivity contribution in [2.45, 2.75) is 24.6 Å². The van der Waals surface area contributed by atoms with Crippen LogP contribution in [0.25, 0.3) is 0 Å². The number of hydrogen-bond donors (Lipinski definition) is 3. The average molecular weight is 306 g/mol. The van der Waals surface area contributed by atoms with Crippen LogP contribution in [0.15, 0.2) is 18.2 Å². The van der Waals surface area contributed by atoms with Gasteiger partial charge >= 0.3 is 18.2 Å². The summed E-state index contributed by atoms with van der Waals surface area (Å²) in [5.74, 6) is -2.59. The number of anilines is 1. The number of rotatable bonds is 3. The van der Waals surface area contributed by atoms with Gasteiger partial charge in [-0.25, -0.2) is 14.0 Å². The standard InChI is InChI=1S/C12H10F4N2O3/c13-8-5-6(1-2-7(8)9(19)20)17-10(21)18-11(3-4-11)12(14,15)16/h1-2,5H,3-4H2,(H,19,20)(H2,17,18,21). The number of carbonyl (C=O) groups excluding carboxylic acids is 1. The summed E-state index contributed by atoms with van der Waals surface area (Å²) in [5.41, 5.74) is -2.97.